The van der Waals surface area contributed by atoms with Crippen LogP contribution >= 0.6 is 34.2 Å². The summed E-state index contributed by atoms with van der Waals surface area (Å²) in [6.45, 7) is 2.06. The van der Waals surface area contributed by atoms with Crippen LogP contribution in [0.5, 0.6) is 0 Å². The van der Waals surface area contributed by atoms with Gasteiger partial charge in [-0.15, -0.1) is 11.6 Å². The standard InChI is InChI=1S/C22H36ClIO5/c1-14(6-3-4-11-23)18(25)10-9-15-16-12-21(29-20(16)13-19(15)26)17(24)7-5-8-22(27)28-2/h9-10,14-21,25-26H,3-8,11-13H2,1-2H3/b10-9+/t14?,15-,16-,17?,18-,19-,20+,21?/m1/s1. The van der Waals surface area contributed by atoms with Crippen LogP contribution < -0.4 is 0 Å². The van der Waals surface area contributed by atoms with E-state index in [1.165, 1.54) is 7.11 Å². The van der Waals surface area contributed by atoms with Crippen LogP contribution in [0.2, 0.25) is 0 Å². The SMILES string of the molecule is COC(=O)CCCC(I)C1C[C@@H]2[C@@H](/C=C/[C@@H](O)C(C)CCCCCl)[C@H](O)C[C@@H]2O1. The molecule has 5 nitrogen and oxygen atoms in total. The van der Waals surface area contributed by atoms with Crippen LogP contribution in [0, 0.1) is 17.8 Å². The van der Waals surface area contributed by atoms with Crippen LogP contribution in [-0.2, 0) is 14.3 Å². The lowest BCUT2D eigenvalue weighted by molar-refractivity contribution is -0.140. The number of fused-ring (bicyclic) bond motifs is 1. The molecule has 2 rings (SSSR count). The molecule has 0 aromatic rings. The molecule has 0 radical (unpaired) electrons. The lowest BCUT2D eigenvalue weighted by Crippen LogP contribution is -2.24. The van der Waals surface area contributed by atoms with Gasteiger partial charge in [0.1, 0.15) is 0 Å². The molecule has 8 atom stereocenters. The Bertz CT molecular complexity index is 531. The zero-order valence-electron chi connectivity index (χ0n) is 17.5. The van der Waals surface area contributed by atoms with E-state index in [0.29, 0.717) is 28.6 Å². The Morgan fingerprint density at radius 1 is 1.31 bits per heavy atom. The van der Waals surface area contributed by atoms with Gasteiger partial charge < -0.3 is 19.7 Å². The first-order valence-electron chi connectivity index (χ1n) is 10.8. The number of hydrogen-bond acceptors (Lipinski definition) is 5. The Morgan fingerprint density at radius 3 is 2.76 bits per heavy atom. The minimum atomic E-state index is -0.495. The van der Waals surface area contributed by atoms with E-state index in [1.807, 2.05) is 12.2 Å². The number of unbranched alkanes of at least 4 members (excludes halogenated alkanes) is 1. The summed E-state index contributed by atoms with van der Waals surface area (Å²) in [5.74, 6) is 1.01. The minimum Gasteiger partial charge on any atom is -0.469 e. The highest BCUT2D eigenvalue weighted by Crippen LogP contribution is 2.46. The Morgan fingerprint density at radius 2 is 2.07 bits per heavy atom. The van der Waals surface area contributed by atoms with Gasteiger partial charge in [-0.1, -0.05) is 48.1 Å². The van der Waals surface area contributed by atoms with Crippen molar-refractivity contribution in [1.29, 1.82) is 0 Å². The molecule has 7 heteroatoms. The highest BCUT2D eigenvalue weighted by molar-refractivity contribution is 14.1. The molecular weight excluding hydrogens is 507 g/mol. The first kappa shape index (κ1) is 25.4. The molecule has 1 saturated carbocycles. The Balaban J connectivity index is 1.83. The number of ether oxygens (including phenoxy) is 2. The first-order chi connectivity index (χ1) is 13.9. The van der Waals surface area contributed by atoms with E-state index in [0.717, 1.165) is 38.5 Å². The van der Waals surface area contributed by atoms with E-state index in [2.05, 4.69) is 29.5 Å². The molecule has 2 aliphatic rings. The zero-order valence-corrected chi connectivity index (χ0v) is 20.4. The number of aliphatic hydroxyl groups is 2. The van der Waals surface area contributed by atoms with Crippen LogP contribution in [0.25, 0.3) is 0 Å². The van der Waals surface area contributed by atoms with Gasteiger partial charge in [0.05, 0.1) is 31.5 Å². The normalized spacial score (nSPS) is 32.3. The average molecular weight is 543 g/mol. The summed E-state index contributed by atoms with van der Waals surface area (Å²) in [6.07, 6.45) is 9.91. The lowest BCUT2D eigenvalue weighted by atomic mass is 9.88. The summed E-state index contributed by atoms with van der Waals surface area (Å²) in [6, 6.07) is 0. The first-order valence-corrected chi connectivity index (χ1v) is 12.6. The van der Waals surface area contributed by atoms with Crippen molar-refractivity contribution in [3.63, 3.8) is 0 Å². The fourth-order valence-electron chi connectivity index (χ4n) is 4.51. The molecule has 0 spiro atoms. The van der Waals surface area contributed by atoms with Crippen LogP contribution in [-0.4, -0.2) is 57.5 Å². The molecular formula is C22H36ClIO5. The molecule has 1 aliphatic carbocycles. The number of carbonyl (C=O) groups excluding carboxylic acids is 1. The summed E-state index contributed by atoms with van der Waals surface area (Å²) in [7, 11) is 1.42. The van der Waals surface area contributed by atoms with Crippen LogP contribution in [0.1, 0.15) is 58.3 Å². The number of carbonyl (C=O) groups is 1. The Hall–Kier alpha value is 0.110. The zero-order chi connectivity index (χ0) is 21.4. The van der Waals surface area contributed by atoms with E-state index in [9.17, 15) is 15.0 Å². The molecule has 2 N–H and O–H groups in total. The van der Waals surface area contributed by atoms with Gasteiger partial charge in [-0.2, -0.15) is 0 Å². The second kappa shape index (κ2) is 12.8. The maximum absolute atomic E-state index is 11.3. The van der Waals surface area contributed by atoms with Crippen LogP contribution in [0.15, 0.2) is 12.2 Å². The molecule has 0 amide bonds. The van der Waals surface area contributed by atoms with Gasteiger partial charge in [0, 0.05) is 28.6 Å². The van der Waals surface area contributed by atoms with Gasteiger partial charge in [-0.05, 0) is 43.9 Å². The number of hydrogen-bond donors (Lipinski definition) is 2. The van der Waals surface area contributed by atoms with Crippen molar-refractivity contribution in [2.45, 2.75) is 86.6 Å². The van der Waals surface area contributed by atoms with Gasteiger partial charge in [-0.3, -0.25) is 4.79 Å². The predicted octanol–water partition coefficient (Wildman–Crippen LogP) is 4.25. The third-order valence-electron chi connectivity index (χ3n) is 6.39. The molecule has 0 bridgehead atoms. The van der Waals surface area contributed by atoms with Gasteiger partial charge in [0.2, 0.25) is 0 Å². The summed E-state index contributed by atoms with van der Waals surface area (Å²) in [5.41, 5.74) is 0. The van der Waals surface area contributed by atoms with Gasteiger partial charge in [0.15, 0.2) is 0 Å². The topological polar surface area (TPSA) is 76.0 Å². The van der Waals surface area contributed by atoms with Crippen molar-refractivity contribution in [1.82, 2.24) is 0 Å². The number of rotatable bonds is 12. The molecule has 29 heavy (non-hydrogen) atoms. The van der Waals surface area contributed by atoms with Gasteiger partial charge >= 0.3 is 5.97 Å². The number of aliphatic hydroxyl groups excluding tert-OH is 2. The van der Waals surface area contributed by atoms with Crippen LogP contribution in [0.4, 0.5) is 0 Å². The third kappa shape index (κ3) is 7.63. The third-order valence-corrected chi connectivity index (χ3v) is 8.08. The smallest absolute Gasteiger partial charge is 0.305 e. The van der Waals surface area contributed by atoms with Crippen molar-refractivity contribution in [3.8, 4) is 0 Å². The fourth-order valence-corrected chi connectivity index (χ4v) is 5.61. The van der Waals surface area contributed by atoms with E-state index in [4.69, 9.17) is 21.1 Å². The Labute approximate surface area is 193 Å². The van der Waals surface area contributed by atoms with Crippen LogP contribution in [0.3, 0.4) is 0 Å². The number of halogens is 2. The Kier molecular flexibility index (Phi) is 11.2. The number of esters is 1. The highest BCUT2D eigenvalue weighted by atomic mass is 127. The molecule has 0 aromatic heterocycles. The van der Waals surface area contributed by atoms with Crippen molar-refractivity contribution in [2.75, 3.05) is 13.0 Å². The number of methoxy groups -OCH3 is 1. The molecule has 2 fully saturated rings. The average Bonchev–Trinajstić information content (AvgIpc) is 3.23. The van der Waals surface area contributed by atoms with E-state index < -0.39 is 12.2 Å². The second-order valence-electron chi connectivity index (χ2n) is 8.51. The molecule has 0 aromatic carbocycles. The largest absolute Gasteiger partial charge is 0.469 e. The maximum Gasteiger partial charge on any atom is 0.305 e. The fraction of sp³-hybridized carbons (Fsp3) is 0.864. The van der Waals surface area contributed by atoms with Crippen molar-refractivity contribution < 1.29 is 24.5 Å². The molecule has 1 heterocycles. The summed E-state index contributed by atoms with van der Waals surface area (Å²) in [4.78, 5) is 11.3. The molecule has 1 saturated heterocycles. The second-order valence-corrected chi connectivity index (χ2v) is 10.5. The summed E-state index contributed by atoms with van der Waals surface area (Å²) >= 11 is 8.15. The van der Waals surface area contributed by atoms with Gasteiger partial charge in [0.25, 0.3) is 0 Å². The minimum absolute atomic E-state index is 0.0355. The maximum atomic E-state index is 11.3. The quantitative estimate of drug-likeness (QED) is 0.127. The van der Waals surface area contributed by atoms with E-state index in [-0.39, 0.29) is 30.0 Å². The molecule has 168 valence electrons. The van der Waals surface area contributed by atoms with Crippen molar-refractivity contribution in [3.05, 3.63) is 12.2 Å². The van der Waals surface area contributed by atoms with E-state index in [1.54, 1.807) is 0 Å². The predicted molar refractivity (Wildman–Crippen MR) is 123 cm³/mol. The summed E-state index contributed by atoms with van der Waals surface area (Å²) in [5, 5.41) is 20.9. The molecule has 3 unspecified atom stereocenters. The van der Waals surface area contributed by atoms with Crippen molar-refractivity contribution >= 4 is 40.2 Å². The lowest BCUT2D eigenvalue weighted by Gasteiger charge is -2.21. The van der Waals surface area contributed by atoms with Gasteiger partial charge in [-0.25, -0.2) is 0 Å². The van der Waals surface area contributed by atoms with Crippen molar-refractivity contribution in [2.24, 2.45) is 17.8 Å². The summed E-state index contributed by atoms with van der Waals surface area (Å²) < 4.78 is 11.3. The monoisotopic (exact) mass is 542 g/mol. The van der Waals surface area contributed by atoms with E-state index >= 15 is 0 Å². The number of alkyl halides is 2. The molecule has 1 aliphatic heterocycles. The highest BCUT2D eigenvalue weighted by Gasteiger charge is 2.49.